The van der Waals surface area contributed by atoms with Gasteiger partial charge in [0.25, 0.3) is 0 Å². The van der Waals surface area contributed by atoms with E-state index >= 15 is 0 Å². The molecule has 2 atom stereocenters. The molecule has 4 aromatic rings. The van der Waals surface area contributed by atoms with Crippen molar-refractivity contribution in [2.75, 3.05) is 27.4 Å². The van der Waals surface area contributed by atoms with Crippen molar-refractivity contribution in [3.63, 3.8) is 0 Å². The van der Waals surface area contributed by atoms with E-state index in [2.05, 4.69) is 9.47 Å². The van der Waals surface area contributed by atoms with Crippen molar-refractivity contribution in [3.05, 3.63) is 144 Å². The monoisotopic (exact) mass is 674 g/mol. The van der Waals surface area contributed by atoms with Crippen LogP contribution in [0.1, 0.15) is 36.1 Å². The second-order valence-corrected chi connectivity index (χ2v) is 13.1. The summed E-state index contributed by atoms with van der Waals surface area (Å²) in [6.45, 7) is 5.01. The van der Waals surface area contributed by atoms with Gasteiger partial charge in [0.15, 0.2) is 5.79 Å². The standard InChI is InChI=1S/C31H30O4.C4H10O2.2ClH.Ti/c1-29(2)34-27(30(32,23-15-7-3-8-16-23)24-17-9-4-10-18-24)28(35-29)31(33,25-19-11-5-12-20-25)26-21-13-6-14-22-26;1-5-3-4-6-2;;;/h3-22,27-28,32-33H,1-2H3;3-4H2,1-2H3;2*1H;/q;;;;+2/p-2/t27-,28?;;;;/m1..../s1. The van der Waals surface area contributed by atoms with Gasteiger partial charge in [0.05, 0.1) is 13.2 Å². The molecule has 5 rings (SSSR count). The summed E-state index contributed by atoms with van der Waals surface area (Å²) in [5.41, 5.74) is -0.564. The van der Waals surface area contributed by atoms with Gasteiger partial charge < -0.3 is 29.2 Å². The van der Waals surface area contributed by atoms with Gasteiger partial charge in [0.1, 0.15) is 23.4 Å². The van der Waals surface area contributed by atoms with Crippen LogP contribution in [0.25, 0.3) is 0 Å². The van der Waals surface area contributed by atoms with Gasteiger partial charge in [-0.15, -0.1) is 0 Å². The van der Waals surface area contributed by atoms with Crippen molar-refractivity contribution in [2.24, 2.45) is 0 Å². The molecule has 6 nitrogen and oxygen atoms in total. The summed E-state index contributed by atoms with van der Waals surface area (Å²) in [6, 6.07) is 37.8. The van der Waals surface area contributed by atoms with Crippen LogP contribution in [0, 0.1) is 0 Å². The average molecular weight is 675 g/mol. The number of benzene rings is 4. The average Bonchev–Trinajstić information content (AvgIpc) is 3.41. The topological polar surface area (TPSA) is 77.4 Å². The molecule has 2 N–H and O–H groups in total. The van der Waals surface area contributed by atoms with Gasteiger partial charge in [-0.25, -0.2) is 0 Å². The van der Waals surface area contributed by atoms with E-state index in [0.717, 1.165) is 0 Å². The van der Waals surface area contributed by atoms with Crippen LogP contribution in [0.4, 0.5) is 0 Å². The molecule has 4 aromatic carbocycles. The second-order valence-electron chi connectivity index (χ2n) is 10.5. The predicted octanol–water partition coefficient (Wildman–Crippen LogP) is 7.03. The number of ether oxygens (including phenoxy) is 4. The first-order valence-electron chi connectivity index (χ1n) is 14.2. The van der Waals surface area contributed by atoms with Gasteiger partial charge in [-0.3, -0.25) is 0 Å². The van der Waals surface area contributed by atoms with Crippen LogP contribution in [0.5, 0.6) is 0 Å². The fourth-order valence-electron chi connectivity index (χ4n) is 5.30. The molecule has 0 bridgehead atoms. The fraction of sp³-hybridized carbons (Fsp3) is 0.314. The maximum absolute atomic E-state index is 12.6. The molecule has 1 unspecified atom stereocenters. The number of hydrogen-bond acceptors (Lipinski definition) is 6. The summed E-state index contributed by atoms with van der Waals surface area (Å²) >= 11 is -0.556. The number of methoxy groups -OCH3 is 2. The third-order valence-corrected chi connectivity index (χ3v) is 7.27. The van der Waals surface area contributed by atoms with E-state index < -0.39 is 46.2 Å². The zero-order valence-electron chi connectivity index (χ0n) is 25.4. The quantitative estimate of drug-likeness (QED) is 0.147. The van der Waals surface area contributed by atoms with E-state index in [1.54, 1.807) is 14.2 Å². The number of aliphatic hydroxyl groups is 2. The minimum absolute atomic E-state index is 0.556. The molecule has 1 aliphatic rings. The normalized spacial score (nSPS) is 17.5. The summed E-state index contributed by atoms with van der Waals surface area (Å²) in [6.07, 6.45) is -1.87. The molecule has 1 heterocycles. The van der Waals surface area contributed by atoms with E-state index in [-0.39, 0.29) is 0 Å². The SMILES string of the molecule is CC1(C)OC(C(O)(c2ccccc2)c2ccccc2)[C@H](C(O)(c2ccccc2)c2ccccc2)O1.COCCOC.[Cl][Ti][Cl]. The number of rotatable bonds is 9. The Balaban J connectivity index is 0.000000519. The molecule has 44 heavy (non-hydrogen) atoms. The Labute approximate surface area is 277 Å². The van der Waals surface area contributed by atoms with Gasteiger partial charge in [-0.1, -0.05) is 121 Å². The summed E-state index contributed by atoms with van der Waals surface area (Å²) in [5, 5.41) is 25.2. The predicted molar refractivity (Wildman–Crippen MR) is 171 cm³/mol. The zero-order valence-corrected chi connectivity index (χ0v) is 28.5. The molecule has 0 aromatic heterocycles. The molecular formula is C35H40Cl2O6Ti. The molecule has 0 radical (unpaired) electrons. The van der Waals surface area contributed by atoms with E-state index in [1.165, 1.54) is 0 Å². The molecule has 9 heteroatoms. The first-order chi connectivity index (χ1) is 21.2. The summed E-state index contributed by atoms with van der Waals surface area (Å²) < 4.78 is 22.3. The van der Waals surface area contributed by atoms with E-state index in [1.807, 2.05) is 135 Å². The van der Waals surface area contributed by atoms with Gasteiger partial charge >= 0.3 is 35.6 Å². The third-order valence-electron chi connectivity index (χ3n) is 7.27. The zero-order chi connectivity index (χ0) is 32.1. The molecule has 0 aliphatic carbocycles. The first-order valence-corrected chi connectivity index (χ1v) is 18.4. The Hall–Kier alpha value is -2.07. The van der Waals surface area contributed by atoms with Gasteiger partial charge in [-0.2, -0.15) is 0 Å². The van der Waals surface area contributed by atoms with Crippen LogP contribution in [0.3, 0.4) is 0 Å². The second kappa shape index (κ2) is 17.6. The summed E-state index contributed by atoms with van der Waals surface area (Å²) in [4.78, 5) is 0. The minimum atomic E-state index is -1.60. The molecule has 0 saturated carbocycles. The molecule has 0 spiro atoms. The van der Waals surface area contributed by atoms with Gasteiger partial charge in [-0.05, 0) is 36.1 Å². The van der Waals surface area contributed by atoms with Gasteiger partial charge in [0, 0.05) is 14.2 Å². The molecule has 1 fully saturated rings. The van der Waals surface area contributed by atoms with Crippen LogP contribution >= 0.6 is 18.6 Å². The van der Waals surface area contributed by atoms with Crippen molar-refractivity contribution in [2.45, 2.75) is 43.0 Å². The molecule has 0 amide bonds. The number of hydrogen-bond donors (Lipinski definition) is 2. The van der Waals surface area contributed by atoms with Crippen molar-refractivity contribution >= 4 is 18.6 Å². The molecule has 1 aliphatic heterocycles. The van der Waals surface area contributed by atoms with Crippen LogP contribution in [0.15, 0.2) is 121 Å². The van der Waals surface area contributed by atoms with Gasteiger partial charge in [0.2, 0.25) is 0 Å². The molecule has 234 valence electrons. The molecular weight excluding hydrogens is 635 g/mol. The summed E-state index contributed by atoms with van der Waals surface area (Å²) in [5.74, 6) is -1.05. The Morgan fingerprint density at radius 1 is 0.591 bits per heavy atom. The Bertz CT molecular complexity index is 1170. The Morgan fingerprint density at radius 2 is 0.818 bits per heavy atom. The van der Waals surface area contributed by atoms with Crippen LogP contribution in [-0.2, 0) is 47.2 Å². The maximum atomic E-state index is 12.6. The molecule has 1 saturated heterocycles. The fourth-order valence-corrected chi connectivity index (χ4v) is 5.30. The van der Waals surface area contributed by atoms with E-state index in [9.17, 15) is 10.2 Å². The van der Waals surface area contributed by atoms with Crippen molar-refractivity contribution in [1.29, 1.82) is 0 Å². The van der Waals surface area contributed by atoms with Crippen LogP contribution < -0.4 is 0 Å². The Morgan fingerprint density at radius 3 is 1.02 bits per heavy atom. The van der Waals surface area contributed by atoms with E-state index in [4.69, 9.17) is 28.1 Å². The van der Waals surface area contributed by atoms with Crippen molar-refractivity contribution in [1.82, 2.24) is 0 Å². The first kappa shape index (κ1) is 36.4. The van der Waals surface area contributed by atoms with Crippen molar-refractivity contribution in [3.8, 4) is 0 Å². The van der Waals surface area contributed by atoms with E-state index in [0.29, 0.717) is 35.5 Å². The van der Waals surface area contributed by atoms with Crippen molar-refractivity contribution < 1.29 is 46.2 Å². The Kier molecular flexibility index (Phi) is 14.5. The third kappa shape index (κ3) is 8.80. The van der Waals surface area contributed by atoms with Crippen LogP contribution in [0.2, 0.25) is 0 Å². The number of halogens is 2. The summed E-state index contributed by atoms with van der Waals surface area (Å²) in [7, 11) is 13.1. The van der Waals surface area contributed by atoms with Crippen LogP contribution in [-0.4, -0.2) is 55.6 Å².